The largest absolute Gasteiger partial charge is 0.339 e. The summed E-state index contributed by atoms with van der Waals surface area (Å²) in [5.41, 5.74) is 0.628. The molecule has 1 fully saturated rings. The number of benzene rings is 1. The van der Waals surface area contributed by atoms with Crippen molar-refractivity contribution < 1.29 is 17.7 Å². The van der Waals surface area contributed by atoms with E-state index in [-0.39, 0.29) is 23.3 Å². The van der Waals surface area contributed by atoms with Gasteiger partial charge < -0.3 is 9.84 Å². The molecule has 3 aromatic rings. The van der Waals surface area contributed by atoms with Gasteiger partial charge >= 0.3 is 0 Å². The van der Waals surface area contributed by atoms with E-state index in [9.17, 15) is 13.2 Å². The summed E-state index contributed by atoms with van der Waals surface area (Å²) in [7, 11) is -3.77. The molecule has 1 N–H and O–H groups in total. The number of nitrogens with zero attached hydrogens (tertiary/aromatic N) is 3. The lowest BCUT2D eigenvalue weighted by Gasteiger charge is -2.31. The smallest absolute Gasteiger partial charge is 0.244 e. The number of thiophene rings is 1. The van der Waals surface area contributed by atoms with E-state index in [2.05, 4.69) is 15.5 Å². The summed E-state index contributed by atoms with van der Waals surface area (Å²) in [6.45, 7) is 6.16. The number of hydrogen-bond donors (Lipinski definition) is 1. The molecule has 0 radical (unpaired) electrons. The van der Waals surface area contributed by atoms with Gasteiger partial charge in [0.05, 0.1) is 15.7 Å². The minimum atomic E-state index is -3.77. The molecule has 0 spiro atoms. The Kier molecular flexibility index (Phi) is 6.90. The molecule has 0 bridgehead atoms. The first-order valence-corrected chi connectivity index (χ1v) is 13.3. The molecule has 1 saturated heterocycles. The van der Waals surface area contributed by atoms with Crippen LogP contribution in [0.4, 0.5) is 5.69 Å². The third-order valence-corrected chi connectivity index (χ3v) is 8.93. The zero-order valence-corrected chi connectivity index (χ0v) is 20.9. The number of aromatic nitrogens is 2. The summed E-state index contributed by atoms with van der Waals surface area (Å²) >= 11 is 7.21. The van der Waals surface area contributed by atoms with Crippen LogP contribution in [0.5, 0.6) is 0 Å². The van der Waals surface area contributed by atoms with Crippen LogP contribution < -0.4 is 5.32 Å². The summed E-state index contributed by atoms with van der Waals surface area (Å²) in [6.07, 6.45) is 1.23. The third-order valence-electron chi connectivity index (χ3n) is 5.51. The van der Waals surface area contributed by atoms with Gasteiger partial charge in [0.2, 0.25) is 27.6 Å². The van der Waals surface area contributed by atoms with E-state index in [0.29, 0.717) is 51.6 Å². The number of amides is 1. The number of sulfonamides is 1. The van der Waals surface area contributed by atoms with E-state index < -0.39 is 15.9 Å². The quantitative estimate of drug-likeness (QED) is 0.506. The number of piperidine rings is 1. The maximum Gasteiger partial charge on any atom is 0.244 e. The molecule has 1 aromatic carbocycles. The Hall–Kier alpha value is -2.27. The van der Waals surface area contributed by atoms with Gasteiger partial charge in [-0.05, 0) is 50.1 Å². The first-order chi connectivity index (χ1) is 15.6. The highest BCUT2D eigenvalue weighted by molar-refractivity contribution is 7.89. The first-order valence-electron chi connectivity index (χ1n) is 10.7. The molecule has 176 valence electrons. The standard InChI is InChI=1S/C22H25ClN4O4S2/c1-13(2)22-25-20(26-31-22)18-11-19(14(3)32-18)33(29,30)27-10-4-5-15(12-27)21(28)24-17-8-6-16(23)7-9-17/h6-9,11,13,15H,4-5,10,12H2,1-3H3,(H,24,28)/t15-/m0/s1. The number of anilines is 1. The number of carbonyl (C=O) groups is 1. The Labute approximate surface area is 202 Å². The minimum absolute atomic E-state index is 0.0832. The van der Waals surface area contributed by atoms with Crippen molar-refractivity contribution in [3.8, 4) is 10.7 Å². The number of hydrogen-bond acceptors (Lipinski definition) is 7. The van der Waals surface area contributed by atoms with E-state index in [1.807, 2.05) is 13.8 Å². The number of nitrogens with one attached hydrogen (secondary N) is 1. The van der Waals surface area contributed by atoms with E-state index in [0.717, 1.165) is 0 Å². The molecule has 0 aliphatic carbocycles. The fourth-order valence-corrected chi connectivity index (χ4v) is 6.83. The molecular formula is C22H25ClN4O4S2. The van der Waals surface area contributed by atoms with Crippen molar-refractivity contribution in [2.75, 3.05) is 18.4 Å². The van der Waals surface area contributed by atoms with Gasteiger partial charge in [0.25, 0.3) is 0 Å². The Bertz CT molecular complexity index is 1250. The van der Waals surface area contributed by atoms with Gasteiger partial charge in [-0.1, -0.05) is 30.6 Å². The van der Waals surface area contributed by atoms with Crippen molar-refractivity contribution in [1.82, 2.24) is 14.4 Å². The second kappa shape index (κ2) is 9.54. The van der Waals surface area contributed by atoms with Gasteiger partial charge in [-0.2, -0.15) is 9.29 Å². The SMILES string of the molecule is Cc1sc(-c2noc(C(C)C)n2)cc1S(=O)(=O)N1CCC[C@H](C(=O)Nc2ccc(Cl)cc2)C1. The van der Waals surface area contributed by atoms with Crippen molar-refractivity contribution in [2.24, 2.45) is 5.92 Å². The maximum atomic E-state index is 13.5. The second-order valence-corrected chi connectivity index (χ2v) is 11.9. The number of rotatable bonds is 6. The van der Waals surface area contributed by atoms with E-state index in [1.54, 1.807) is 37.3 Å². The molecule has 1 aliphatic rings. The molecule has 3 heterocycles. The lowest BCUT2D eigenvalue weighted by atomic mass is 9.99. The summed E-state index contributed by atoms with van der Waals surface area (Å²) in [4.78, 5) is 18.7. The van der Waals surface area contributed by atoms with Crippen molar-refractivity contribution in [1.29, 1.82) is 0 Å². The molecule has 33 heavy (non-hydrogen) atoms. The number of aryl methyl sites for hydroxylation is 1. The second-order valence-electron chi connectivity index (χ2n) is 8.34. The molecule has 1 amide bonds. The Balaban J connectivity index is 1.51. The molecule has 8 nitrogen and oxygen atoms in total. The highest BCUT2D eigenvalue weighted by Gasteiger charge is 2.35. The van der Waals surface area contributed by atoms with Gasteiger partial charge in [0.15, 0.2) is 0 Å². The van der Waals surface area contributed by atoms with Gasteiger partial charge in [-0.15, -0.1) is 11.3 Å². The fourth-order valence-electron chi connectivity index (χ4n) is 3.69. The van der Waals surface area contributed by atoms with Gasteiger partial charge in [0.1, 0.15) is 0 Å². The van der Waals surface area contributed by atoms with Crippen LogP contribution in [0.15, 0.2) is 39.8 Å². The predicted molar refractivity (Wildman–Crippen MR) is 128 cm³/mol. The van der Waals surface area contributed by atoms with Crippen molar-refractivity contribution in [3.05, 3.63) is 46.1 Å². The average molecular weight is 509 g/mol. The molecule has 4 rings (SSSR count). The average Bonchev–Trinajstić information content (AvgIpc) is 3.43. The summed E-state index contributed by atoms with van der Waals surface area (Å²) < 4.78 is 33.6. The Morgan fingerprint density at radius 3 is 2.70 bits per heavy atom. The first kappa shape index (κ1) is 23.9. The Morgan fingerprint density at radius 2 is 2.03 bits per heavy atom. The summed E-state index contributed by atoms with van der Waals surface area (Å²) in [5, 5.41) is 7.43. The van der Waals surface area contributed by atoms with Crippen molar-refractivity contribution in [2.45, 2.75) is 44.4 Å². The zero-order chi connectivity index (χ0) is 23.8. The topological polar surface area (TPSA) is 105 Å². The third kappa shape index (κ3) is 5.13. The van der Waals surface area contributed by atoms with Gasteiger partial charge in [-0.25, -0.2) is 8.42 Å². The number of carbonyl (C=O) groups excluding carboxylic acids is 1. The molecular weight excluding hydrogens is 484 g/mol. The molecule has 0 saturated carbocycles. The minimum Gasteiger partial charge on any atom is -0.339 e. The van der Waals surface area contributed by atoms with Crippen molar-refractivity contribution >= 4 is 44.6 Å². The van der Waals surface area contributed by atoms with Crippen LogP contribution in [-0.2, 0) is 14.8 Å². The van der Waals surface area contributed by atoms with Crippen LogP contribution in [0, 0.1) is 12.8 Å². The van der Waals surface area contributed by atoms with Gasteiger partial charge in [0, 0.05) is 34.6 Å². The maximum absolute atomic E-state index is 13.5. The molecule has 1 aliphatic heterocycles. The van der Waals surface area contributed by atoms with E-state index in [1.165, 1.54) is 15.6 Å². The fraction of sp³-hybridized carbons (Fsp3) is 0.409. The molecule has 11 heteroatoms. The molecule has 1 atom stereocenters. The highest BCUT2D eigenvalue weighted by Crippen LogP contribution is 2.35. The summed E-state index contributed by atoms with van der Waals surface area (Å²) in [6, 6.07) is 8.42. The van der Waals surface area contributed by atoms with Gasteiger partial charge in [-0.3, -0.25) is 4.79 Å². The van der Waals surface area contributed by atoms with Crippen LogP contribution in [0.3, 0.4) is 0 Å². The highest BCUT2D eigenvalue weighted by atomic mass is 35.5. The lowest BCUT2D eigenvalue weighted by Crippen LogP contribution is -2.43. The van der Waals surface area contributed by atoms with Crippen molar-refractivity contribution in [3.63, 3.8) is 0 Å². The molecule has 2 aromatic heterocycles. The van der Waals surface area contributed by atoms with Crippen LogP contribution in [-0.4, -0.2) is 41.9 Å². The summed E-state index contributed by atoms with van der Waals surface area (Å²) in [5.74, 6) is 0.333. The van der Waals surface area contributed by atoms with E-state index >= 15 is 0 Å². The van der Waals surface area contributed by atoms with Crippen LogP contribution in [0.25, 0.3) is 10.7 Å². The van der Waals surface area contributed by atoms with E-state index in [4.69, 9.17) is 16.1 Å². The molecule has 0 unspecified atom stereocenters. The zero-order valence-electron chi connectivity index (χ0n) is 18.5. The van der Waals surface area contributed by atoms with Crippen LogP contribution in [0.2, 0.25) is 5.02 Å². The van der Waals surface area contributed by atoms with Crippen LogP contribution in [0.1, 0.15) is 43.4 Å². The monoisotopic (exact) mass is 508 g/mol. The lowest BCUT2D eigenvalue weighted by molar-refractivity contribution is -0.120. The predicted octanol–water partition coefficient (Wildman–Crippen LogP) is 4.92. The number of halogens is 1. The van der Waals surface area contributed by atoms with Crippen LogP contribution >= 0.6 is 22.9 Å². The Morgan fingerprint density at radius 1 is 1.30 bits per heavy atom. The normalized spacial score (nSPS) is 17.4.